The van der Waals surface area contributed by atoms with Crippen molar-refractivity contribution in [2.24, 2.45) is 5.92 Å². The normalized spacial score (nSPS) is 24.1. The van der Waals surface area contributed by atoms with E-state index >= 15 is 0 Å². The number of hydrogen-bond acceptors (Lipinski definition) is 4. The van der Waals surface area contributed by atoms with E-state index in [2.05, 4.69) is 21.8 Å². The van der Waals surface area contributed by atoms with Gasteiger partial charge in [0.2, 0.25) is 5.95 Å². The molecule has 94 valence electrons. The summed E-state index contributed by atoms with van der Waals surface area (Å²) in [5.74, 6) is 3.02. The minimum absolute atomic E-state index is 0.390. The van der Waals surface area contributed by atoms with Crippen LogP contribution in [0.3, 0.4) is 0 Å². The zero-order valence-electron chi connectivity index (χ0n) is 10.6. The van der Waals surface area contributed by atoms with Crippen LogP contribution >= 0.6 is 11.6 Å². The lowest BCUT2D eigenvalue weighted by Crippen LogP contribution is -2.34. The molecule has 1 aliphatic rings. The number of anilines is 2. The summed E-state index contributed by atoms with van der Waals surface area (Å²) in [6.45, 7) is 3.28. The summed E-state index contributed by atoms with van der Waals surface area (Å²) >= 11 is 6.05. The van der Waals surface area contributed by atoms with Crippen LogP contribution in [0.1, 0.15) is 13.3 Å². The maximum Gasteiger partial charge on any atom is 0.226 e. The van der Waals surface area contributed by atoms with Crippen molar-refractivity contribution in [2.45, 2.75) is 19.4 Å². The van der Waals surface area contributed by atoms with Gasteiger partial charge in [0.1, 0.15) is 5.82 Å². The fourth-order valence-corrected chi connectivity index (χ4v) is 2.71. The maximum atomic E-state index is 6.05. The molecule has 1 fully saturated rings. The molecule has 2 atom stereocenters. The summed E-state index contributed by atoms with van der Waals surface area (Å²) in [5, 5.41) is 0. The molecule has 0 aromatic carbocycles. The first-order valence-electron chi connectivity index (χ1n) is 5.96. The van der Waals surface area contributed by atoms with E-state index < -0.39 is 0 Å². The average Bonchev–Trinajstić information content (AvgIpc) is 2.70. The van der Waals surface area contributed by atoms with Crippen molar-refractivity contribution in [3.8, 4) is 0 Å². The first-order chi connectivity index (χ1) is 8.13. The lowest BCUT2D eigenvalue weighted by molar-refractivity contribution is 0.548. The van der Waals surface area contributed by atoms with Crippen LogP contribution in [0, 0.1) is 5.92 Å². The van der Waals surface area contributed by atoms with E-state index in [4.69, 9.17) is 11.6 Å². The van der Waals surface area contributed by atoms with Crippen molar-refractivity contribution >= 4 is 23.4 Å². The standard InChI is InChI=1S/C12H19ClN4/c1-9-5-7-17(10(9)8-13)11-4-6-14-12(15-11)16(2)3/h4,6,9-10H,5,7-8H2,1-3H3. The summed E-state index contributed by atoms with van der Waals surface area (Å²) in [6.07, 6.45) is 2.99. The smallest absolute Gasteiger partial charge is 0.226 e. The Kier molecular flexibility index (Phi) is 3.72. The number of aromatic nitrogens is 2. The average molecular weight is 255 g/mol. The Morgan fingerprint density at radius 3 is 2.94 bits per heavy atom. The van der Waals surface area contributed by atoms with E-state index in [-0.39, 0.29) is 0 Å². The monoisotopic (exact) mass is 254 g/mol. The second-order valence-electron chi connectivity index (χ2n) is 4.79. The van der Waals surface area contributed by atoms with Crippen LogP contribution in [0.25, 0.3) is 0 Å². The molecule has 2 unspecified atom stereocenters. The molecule has 0 spiro atoms. The predicted molar refractivity (Wildman–Crippen MR) is 72.0 cm³/mol. The number of alkyl halides is 1. The molecule has 1 aliphatic heterocycles. The number of rotatable bonds is 3. The summed E-state index contributed by atoms with van der Waals surface area (Å²) in [5.41, 5.74) is 0. The van der Waals surface area contributed by atoms with E-state index in [0.717, 1.165) is 18.3 Å². The van der Waals surface area contributed by atoms with E-state index in [1.807, 2.05) is 31.3 Å². The molecule has 0 saturated carbocycles. The van der Waals surface area contributed by atoms with Gasteiger partial charge >= 0.3 is 0 Å². The van der Waals surface area contributed by atoms with Gasteiger partial charge in [-0.15, -0.1) is 11.6 Å². The van der Waals surface area contributed by atoms with Crippen LogP contribution < -0.4 is 9.80 Å². The van der Waals surface area contributed by atoms with E-state index in [1.54, 1.807) is 0 Å². The fraction of sp³-hybridized carbons (Fsp3) is 0.667. The SMILES string of the molecule is CC1CCN(c2ccnc(N(C)C)n2)C1CCl. The van der Waals surface area contributed by atoms with Crippen molar-refractivity contribution in [2.75, 3.05) is 36.3 Å². The third-order valence-electron chi connectivity index (χ3n) is 3.36. The Hall–Kier alpha value is -1.03. The third kappa shape index (κ3) is 2.46. The molecule has 2 rings (SSSR count). The molecule has 1 aromatic rings. The molecule has 0 N–H and O–H groups in total. The largest absolute Gasteiger partial charge is 0.352 e. The van der Waals surface area contributed by atoms with Gasteiger partial charge in [0.15, 0.2) is 0 Å². The molecule has 4 nitrogen and oxygen atoms in total. The molecule has 17 heavy (non-hydrogen) atoms. The molecular weight excluding hydrogens is 236 g/mol. The second-order valence-corrected chi connectivity index (χ2v) is 5.10. The van der Waals surface area contributed by atoms with Gasteiger partial charge in [-0.25, -0.2) is 4.98 Å². The predicted octanol–water partition coefficient (Wildman–Crippen LogP) is 2.00. The first-order valence-corrected chi connectivity index (χ1v) is 6.50. The highest BCUT2D eigenvalue weighted by atomic mass is 35.5. The van der Waals surface area contributed by atoms with E-state index in [1.165, 1.54) is 6.42 Å². The van der Waals surface area contributed by atoms with Gasteiger partial charge in [0.25, 0.3) is 0 Å². The Labute approximate surface area is 108 Å². The minimum atomic E-state index is 0.390. The van der Waals surface area contributed by atoms with Crippen LogP contribution in [0.4, 0.5) is 11.8 Å². The van der Waals surface area contributed by atoms with Crippen molar-refractivity contribution < 1.29 is 0 Å². The molecule has 5 heteroatoms. The lowest BCUT2D eigenvalue weighted by Gasteiger charge is -2.26. The maximum absolute atomic E-state index is 6.05. The van der Waals surface area contributed by atoms with Crippen LogP contribution in [0.2, 0.25) is 0 Å². The Morgan fingerprint density at radius 1 is 1.53 bits per heavy atom. The van der Waals surface area contributed by atoms with Crippen LogP contribution in [0.15, 0.2) is 12.3 Å². The molecular formula is C12H19ClN4. The Balaban J connectivity index is 2.25. The van der Waals surface area contributed by atoms with Crippen LogP contribution in [-0.2, 0) is 0 Å². The van der Waals surface area contributed by atoms with Crippen LogP contribution in [0.5, 0.6) is 0 Å². The van der Waals surface area contributed by atoms with Crippen LogP contribution in [-0.4, -0.2) is 42.5 Å². The zero-order chi connectivity index (χ0) is 12.4. The number of nitrogens with zero attached hydrogens (tertiary/aromatic N) is 4. The molecule has 0 bridgehead atoms. The van der Waals surface area contributed by atoms with Gasteiger partial charge in [0, 0.05) is 38.8 Å². The highest BCUT2D eigenvalue weighted by molar-refractivity contribution is 6.18. The highest BCUT2D eigenvalue weighted by Crippen LogP contribution is 2.29. The topological polar surface area (TPSA) is 32.3 Å². The van der Waals surface area contributed by atoms with Gasteiger partial charge in [0.05, 0.1) is 0 Å². The third-order valence-corrected chi connectivity index (χ3v) is 3.68. The summed E-state index contributed by atoms with van der Waals surface area (Å²) < 4.78 is 0. The lowest BCUT2D eigenvalue weighted by atomic mass is 10.1. The fourth-order valence-electron chi connectivity index (χ4n) is 2.24. The second kappa shape index (κ2) is 5.08. The Morgan fingerprint density at radius 2 is 2.29 bits per heavy atom. The van der Waals surface area contributed by atoms with Crippen molar-refractivity contribution in [3.63, 3.8) is 0 Å². The van der Waals surface area contributed by atoms with Gasteiger partial charge in [-0.3, -0.25) is 0 Å². The van der Waals surface area contributed by atoms with Crippen molar-refractivity contribution in [3.05, 3.63) is 12.3 Å². The molecule has 0 aliphatic carbocycles. The molecule has 2 heterocycles. The molecule has 1 saturated heterocycles. The number of hydrogen-bond donors (Lipinski definition) is 0. The molecule has 1 aromatic heterocycles. The summed E-state index contributed by atoms with van der Waals surface area (Å²) in [6, 6.07) is 2.35. The Bertz CT molecular complexity index is 383. The minimum Gasteiger partial charge on any atom is -0.352 e. The summed E-state index contributed by atoms with van der Waals surface area (Å²) in [4.78, 5) is 13.0. The quantitative estimate of drug-likeness (QED) is 0.773. The summed E-state index contributed by atoms with van der Waals surface area (Å²) in [7, 11) is 3.90. The van der Waals surface area contributed by atoms with Crippen molar-refractivity contribution in [1.29, 1.82) is 0 Å². The van der Waals surface area contributed by atoms with Gasteiger partial charge in [-0.2, -0.15) is 4.98 Å². The van der Waals surface area contributed by atoms with E-state index in [0.29, 0.717) is 17.8 Å². The first kappa shape index (κ1) is 12.4. The zero-order valence-corrected chi connectivity index (χ0v) is 11.4. The number of halogens is 1. The van der Waals surface area contributed by atoms with Gasteiger partial charge in [-0.1, -0.05) is 6.92 Å². The molecule has 0 amide bonds. The van der Waals surface area contributed by atoms with E-state index in [9.17, 15) is 0 Å². The van der Waals surface area contributed by atoms with Gasteiger partial charge in [-0.05, 0) is 18.4 Å². The van der Waals surface area contributed by atoms with Crippen molar-refractivity contribution in [1.82, 2.24) is 9.97 Å². The highest BCUT2D eigenvalue weighted by Gasteiger charge is 2.31. The molecule has 0 radical (unpaired) electrons. The van der Waals surface area contributed by atoms with Gasteiger partial charge < -0.3 is 9.80 Å².